The number of carbonyl (C=O) groups is 2. The molecule has 0 spiro atoms. The zero-order valence-electron chi connectivity index (χ0n) is 15.6. The molecule has 0 atom stereocenters. The Morgan fingerprint density at radius 2 is 1.77 bits per heavy atom. The second-order valence-corrected chi connectivity index (χ2v) is 6.16. The van der Waals surface area contributed by atoms with Crippen molar-refractivity contribution in [1.29, 1.82) is 0 Å². The van der Waals surface area contributed by atoms with Crippen LogP contribution in [0.25, 0.3) is 0 Å². The van der Waals surface area contributed by atoms with E-state index in [0.717, 1.165) is 29.0 Å². The van der Waals surface area contributed by atoms with Gasteiger partial charge in [-0.3, -0.25) is 9.59 Å². The van der Waals surface area contributed by atoms with Crippen molar-refractivity contribution in [3.05, 3.63) is 59.7 Å². The largest absolute Gasteiger partial charge is 0.497 e. The Labute approximate surface area is 155 Å². The third-order valence-electron chi connectivity index (χ3n) is 4.27. The number of para-hydroxylation sites is 1. The zero-order chi connectivity index (χ0) is 18.9. The summed E-state index contributed by atoms with van der Waals surface area (Å²) in [7, 11) is 3.28. The number of methoxy groups -OCH3 is 1. The van der Waals surface area contributed by atoms with Gasteiger partial charge in [0, 0.05) is 19.2 Å². The van der Waals surface area contributed by atoms with E-state index < -0.39 is 0 Å². The fraction of sp³-hybridized carbons (Fsp3) is 0.333. The van der Waals surface area contributed by atoms with Crippen molar-refractivity contribution in [2.24, 2.45) is 0 Å². The molecule has 0 saturated carbocycles. The predicted molar refractivity (Wildman–Crippen MR) is 103 cm³/mol. The molecule has 0 heterocycles. The summed E-state index contributed by atoms with van der Waals surface area (Å²) in [6, 6.07) is 15.3. The Morgan fingerprint density at radius 1 is 1.08 bits per heavy atom. The standard InChI is InChI=1S/C21H26N2O3/c1-4-17-7-5-6-8-19(17)22-20(24)15-23(2)21(25)14-11-16-9-12-18(26-3)13-10-16/h5-10,12-13H,4,11,14-15H2,1-3H3,(H,22,24). The van der Waals surface area contributed by atoms with E-state index in [1.54, 1.807) is 14.2 Å². The molecule has 2 amide bonds. The minimum absolute atomic E-state index is 0.0412. The number of ether oxygens (including phenoxy) is 1. The summed E-state index contributed by atoms with van der Waals surface area (Å²) in [6.07, 6.45) is 1.84. The fourth-order valence-corrected chi connectivity index (χ4v) is 2.68. The number of hydrogen-bond acceptors (Lipinski definition) is 3. The smallest absolute Gasteiger partial charge is 0.243 e. The van der Waals surface area contributed by atoms with E-state index in [1.807, 2.05) is 55.5 Å². The molecule has 0 aromatic heterocycles. The van der Waals surface area contributed by atoms with Crippen LogP contribution >= 0.6 is 0 Å². The van der Waals surface area contributed by atoms with E-state index in [4.69, 9.17) is 4.74 Å². The van der Waals surface area contributed by atoms with Crippen LogP contribution in [0.3, 0.4) is 0 Å². The lowest BCUT2D eigenvalue weighted by Gasteiger charge is -2.17. The molecule has 1 N–H and O–H groups in total. The van der Waals surface area contributed by atoms with Gasteiger partial charge in [-0.1, -0.05) is 37.3 Å². The van der Waals surface area contributed by atoms with Crippen molar-refractivity contribution in [3.8, 4) is 5.75 Å². The van der Waals surface area contributed by atoms with Crippen molar-refractivity contribution in [2.45, 2.75) is 26.2 Å². The van der Waals surface area contributed by atoms with E-state index in [2.05, 4.69) is 5.32 Å². The first-order chi connectivity index (χ1) is 12.5. The molecule has 0 radical (unpaired) electrons. The minimum atomic E-state index is -0.189. The topological polar surface area (TPSA) is 58.6 Å². The van der Waals surface area contributed by atoms with E-state index in [-0.39, 0.29) is 18.4 Å². The van der Waals surface area contributed by atoms with Crippen molar-refractivity contribution in [2.75, 3.05) is 26.0 Å². The molecule has 2 rings (SSSR count). The molecule has 0 fully saturated rings. The van der Waals surface area contributed by atoms with Gasteiger partial charge in [-0.05, 0) is 42.2 Å². The van der Waals surface area contributed by atoms with Crippen LogP contribution in [0.1, 0.15) is 24.5 Å². The van der Waals surface area contributed by atoms with Crippen molar-refractivity contribution in [1.82, 2.24) is 4.90 Å². The number of amides is 2. The van der Waals surface area contributed by atoms with Crippen LogP contribution in [0.15, 0.2) is 48.5 Å². The minimum Gasteiger partial charge on any atom is -0.497 e. The Kier molecular flexibility index (Phi) is 7.21. The van der Waals surface area contributed by atoms with Crippen LogP contribution in [0.5, 0.6) is 5.75 Å². The summed E-state index contributed by atoms with van der Waals surface area (Å²) in [6.45, 7) is 2.08. The predicted octanol–water partition coefficient (Wildman–Crippen LogP) is 3.29. The van der Waals surface area contributed by atoms with Crippen LogP contribution in [0.4, 0.5) is 5.69 Å². The molecule has 26 heavy (non-hydrogen) atoms. The molecule has 0 bridgehead atoms. The number of anilines is 1. The highest BCUT2D eigenvalue weighted by atomic mass is 16.5. The molecule has 0 aliphatic rings. The molecule has 138 valence electrons. The van der Waals surface area contributed by atoms with Crippen molar-refractivity contribution >= 4 is 17.5 Å². The van der Waals surface area contributed by atoms with Crippen molar-refractivity contribution in [3.63, 3.8) is 0 Å². The van der Waals surface area contributed by atoms with Gasteiger partial charge in [-0.2, -0.15) is 0 Å². The van der Waals surface area contributed by atoms with Gasteiger partial charge in [0.25, 0.3) is 0 Å². The van der Waals surface area contributed by atoms with E-state index in [1.165, 1.54) is 4.90 Å². The maximum atomic E-state index is 12.3. The average Bonchev–Trinajstić information content (AvgIpc) is 2.66. The van der Waals surface area contributed by atoms with Gasteiger partial charge in [0.15, 0.2) is 0 Å². The number of aryl methyl sites for hydroxylation is 2. The second-order valence-electron chi connectivity index (χ2n) is 6.16. The van der Waals surface area contributed by atoms with Crippen LogP contribution in [0.2, 0.25) is 0 Å². The summed E-state index contributed by atoms with van der Waals surface area (Å²) in [4.78, 5) is 26.0. The Hall–Kier alpha value is -2.82. The van der Waals surface area contributed by atoms with Crippen LogP contribution < -0.4 is 10.1 Å². The number of likely N-dealkylation sites (N-methyl/N-ethyl adjacent to an activating group) is 1. The van der Waals surface area contributed by atoms with E-state index in [0.29, 0.717) is 12.8 Å². The molecule has 5 heteroatoms. The van der Waals surface area contributed by atoms with Gasteiger partial charge in [0.2, 0.25) is 11.8 Å². The lowest BCUT2D eigenvalue weighted by molar-refractivity contribution is -0.133. The molecule has 2 aromatic rings. The van der Waals surface area contributed by atoms with Crippen LogP contribution in [0, 0.1) is 0 Å². The number of carbonyl (C=O) groups excluding carboxylic acids is 2. The lowest BCUT2D eigenvalue weighted by Crippen LogP contribution is -2.35. The molecule has 2 aromatic carbocycles. The number of hydrogen-bond donors (Lipinski definition) is 1. The highest BCUT2D eigenvalue weighted by Crippen LogP contribution is 2.15. The summed E-state index contributed by atoms with van der Waals surface area (Å²) >= 11 is 0. The first kappa shape index (κ1) is 19.5. The molecule has 5 nitrogen and oxygen atoms in total. The first-order valence-electron chi connectivity index (χ1n) is 8.78. The lowest BCUT2D eigenvalue weighted by atomic mass is 10.1. The number of nitrogens with one attached hydrogen (secondary N) is 1. The van der Waals surface area contributed by atoms with Crippen molar-refractivity contribution < 1.29 is 14.3 Å². The Bertz CT molecular complexity index is 741. The molecule has 0 unspecified atom stereocenters. The highest BCUT2D eigenvalue weighted by Gasteiger charge is 2.14. The monoisotopic (exact) mass is 354 g/mol. The Balaban J connectivity index is 1.82. The zero-order valence-corrected chi connectivity index (χ0v) is 15.6. The Morgan fingerprint density at radius 3 is 2.42 bits per heavy atom. The summed E-state index contributed by atoms with van der Waals surface area (Å²) in [5.41, 5.74) is 2.95. The van der Waals surface area contributed by atoms with Gasteiger partial charge in [-0.25, -0.2) is 0 Å². The molecule has 0 aliphatic carbocycles. The maximum absolute atomic E-state index is 12.3. The fourth-order valence-electron chi connectivity index (χ4n) is 2.68. The molecule has 0 saturated heterocycles. The van der Waals surface area contributed by atoms with Crippen LogP contribution in [-0.2, 0) is 22.4 Å². The number of nitrogens with zero attached hydrogens (tertiary/aromatic N) is 1. The van der Waals surface area contributed by atoms with Gasteiger partial charge >= 0.3 is 0 Å². The summed E-state index contributed by atoms with van der Waals surface area (Å²) in [5.74, 6) is 0.548. The molecular formula is C21H26N2O3. The van der Waals surface area contributed by atoms with E-state index >= 15 is 0 Å². The normalized spacial score (nSPS) is 10.3. The van der Waals surface area contributed by atoms with Crippen LogP contribution in [-0.4, -0.2) is 37.4 Å². The summed E-state index contributed by atoms with van der Waals surface area (Å²) in [5, 5.41) is 2.89. The SMILES string of the molecule is CCc1ccccc1NC(=O)CN(C)C(=O)CCc1ccc(OC)cc1. The van der Waals surface area contributed by atoms with Gasteiger partial charge in [-0.15, -0.1) is 0 Å². The summed E-state index contributed by atoms with van der Waals surface area (Å²) < 4.78 is 5.12. The third kappa shape index (κ3) is 5.62. The number of rotatable bonds is 8. The maximum Gasteiger partial charge on any atom is 0.243 e. The highest BCUT2D eigenvalue weighted by molar-refractivity contribution is 5.95. The average molecular weight is 354 g/mol. The van der Waals surface area contributed by atoms with Gasteiger partial charge in [0.1, 0.15) is 5.75 Å². The van der Waals surface area contributed by atoms with E-state index in [9.17, 15) is 9.59 Å². The molecule has 0 aliphatic heterocycles. The number of benzene rings is 2. The first-order valence-corrected chi connectivity index (χ1v) is 8.78. The quantitative estimate of drug-likeness (QED) is 0.791. The van der Waals surface area contributed by atoms with Gasteiger partial charge < -0.3 is 15.0 Å². The molecular weight excluding hydrogens is 328 g/mol. The van der Waals surface area contributed by atoms with Gasteiger partial charge in [0.05, 0.1) is 13.7 Å². The second kappa shape index (κ2) is 9.61. The third-order valence-corrected chi connectivity index (χ3v) is 4.27.